The minimum Gasteiger partial charge on any atom is -0.481 e. The van der Waals surface area contributed by atoms with E-state index in [2.05, 4.69) is 28.9 Å². The molecule has 0 saturated carbocycles. The van der Waals surface area contributed by atoms with Crippen LogP contribution in [0.1, 0.15) is 16.8 Å². The van der Waals surface area contributed by atoms with Gasteiger partial charge in [-0.2, -0.15) is 0 Å². The van der Waals surface area contributed by atoms with Crippen LogP contribution in [0.15, 0.2) is 24.3 Å². The van der Waals surface area contributed by atoms with E-state index < -0.39 is 11.9 Å². The van der Waals surface area contributed by atoms with Gasteiger partial charge in [0, 0.05) is 29.2 Å². The lowest BCUT2D eigenvalue weighted by Gasteiger charge is -2.39. The van der Waals surface area contributed by atoms with E-state index in [1.54, 1.807) is 0 Å². The van der Waals surface area contributed by atoms with Crippen LogP contribution in [0.4, 0.5) is 0 Å². The molecule has 0 spiro atoms. The van der Waals surface area contributed by atoms with Crippen LogP contribution in [-0.4, -0.2) is 40.6 Å². The molecule has 0 saturated heterocycles. The predicted molar refractivity (Wildman–Crippen MR) is 82.3 cm³/mol. The summed E-state index contributed by atoms with van der Waals surface area (Å²) in [5, 5.41) is 10.6. The molecular formula is C17H18N2O2. The van der Waals surface area contributed by atoms with Gasteiger partial charge in [-0.3, -0.25) is 9.69 Å². The highest BCUT2D eigenvalue weighted by atomic mass is 16.4. The van der Waals surface area contributed by atoms with Gasteiger partial charge in [0.2, 0.25) is 0 Å². The molecule has 0 bridgehead atoms. The van der Waals surface area contributed by atoms with Crippen LogP contribution in [-0.2, 0) is 11.2 Å². The van der Waals surface area contributed by atoms with Gasteiger partial charge in [0.05, 0.1) is 5.92 Å². The van der Waals surface area contributed by atoms with Crippen molar-refractivity contribution in [1.82, 2.24) is 9.88 Å². The fourth-order valence-electron chi connectivity index (χ4n) is 3.88. The Morgan fingerprint density at radius 2 is 2.24 bits per heavy atom. The molecule has 21 heavy (non-hydrogen) atoms. The lowest BCUT2D eigenvalue weighted by atomic mass is 9.79. The van der Waals surface area contributed by atoms with Crippen molar-refractivity contribution in [3.05, 3.63) is 41.1 Å². The summed E-state index contributed by atoms with van der Waals surface area (Å²) < 4.78 is 0. The molecule has 4 nitrogen and oxygen atoms in total. The lowest BCUT2D eigenvalue weighted by Crippen LogP contribution is -2.44. The predicted octanol–water partition coefficient (Wildman–Crippen LogP) is 2.43. The quantitative estimate of drug-likeness (QED) is 0.844. The first-order chi connectivity index (χ1) is 10.1. The van der Waals surface area contributed by atoms with Gasteiger partial charge in [0.15, 0.2) is 0 Å². The molecule has 0 unspecified atom stereocenters. The summed E-state index contributed by atoms with van der Waals surface area (Å²) in [5.41, 5.74) is 6.13. The highest BCUT2D eigenvalue weighted by molar-refractivity contribution is 5.99. The van der Waals surface area contributed by atoms with Crippen LogP contribution >= 0.6 is 0 Å². The molecule has 4 heteroatoms. The van der Waals surface area contributed by atoms with E-state index in [-0.39, 0.29) is 6.04 Å². The Balaban J connectivity index is 1.99. The normalized spacial score (nSPS) is 24.8. The fourth-order valence-corrected chi connectivity index (χ4v) is 3.88. The first-order valence-electron chi connectivity index (χ1n) is 7.31. The fraction of sp³-hybridized carbons (Fsp3) is 0.353. The molecule has 0 radical (unpaired) electrons. The number of aliphatic carboxylic acids is 1. The molecule has 2 atom stereocenters. The standard InChI is InChI=1S/C17H18N2O2/c1-9-12-7-15-13(6-10(17(20)21)8-19(15)2)11-4-3-5-14(18-9)16(11)12/h3-6,10,15,18H,7-8H2,1-2H3,(H,20,21)/t10-,15-/m1/s1. The number of aryl methyl sites for hydroxylation is 1. The first kappa shape index (κ1) is 12.7. The van der Waals surface area contributed by atoms with Crippen molar-refractivity contribution < 1.29 is 9.90 Å². The topological polar surface area (TPSA) is 56.3 Å². The highest BCUT2D eigenvalue weighted by Crippen LogP contribution is 2.41. The van der Waals surface area contributed by atoms with Crippen molar-refractivity contribution in [2.45, 2.75) is 19.4 Å². The number of carbonyl (C=O) groups is 1. The summed E-state index contributed by atoms with van der Waals surface area (Å²) in [5.74, 6) is -1.16. The van der Waals surface area contributed by atoms with Gasteiger partial charge in [-0.05, 0) is 43.2 Å². The van der Waals surface area contributed by atoms with Crippen molar-refractivity contribution >= 4 is 22.4 Å². The largest absolute Gasteiger partial charge is 0.481 e. The van der Waals surface area contributed by atoms with E-state index in [4.69, 9.17) is 0 Å². The number of nitrogens with zero attached hydrogens (tertiary/aromatic N) is 1. The maximum atomic E-state index is 11.4. The van der Waals surface area contributed by atoms with Crippen molar-refractivity contribution in [3.63, 3.8) is 0 Å². The second-order valence-electron chi connectivity index (χ2n) is 6.18. The molecule has 0 fully saturated rings. The van der Waals surface area contributed by atoms with Crippen LogP contribution in [0.25, 0.3) is 16.5 Å². The SMILES string of the molecule is Cc1[nH]c2cccc3c2c1C[C@@H]1C3=C[C@@H](C(=O)O)CN1C. The van der Waals surface area contributed by atoms with E-state index in [1.165, 1.54) is 27.8 Å². The Morgan fingerprint density at radius 3 is 3.00 bits per heavy atom. The van der Waals surface area contributed by atoms with Gasteiger partial charge >= 0.3 is 5.97 Å². The minimum atomic E-state index is -0.740. The maximum absolute atomic E-state index is 11.4. The second kappa shape index (κ2) is 4.21. The van der Waals surface area contributed by atoms with Crippen molar-refractivity contribution in [1.29, 1.82) is 0 Å². The Morgan fingerprint density at radius 1 is 1.43 bits per heavy atom. The van der Waals surface area contributed by atoms with E-state index in [0.29, 0.717) is 6.54 Å². The molecule has 1 aromatic carbocycles. The Hall–Kier alpha value is -2.07. The molecule has 1 aromatic heterocycles. The maximum Gasteiger partial charge on any atom is 0.311 e. The zero-order valence-electron chi connectivity index (χ0n) is 12.2. The minimum absolute atomic E-state index is 0.285. The number of carboxylic acids is 1. The van der Waals surface area contributed by atoms with Crippen molar-refractivity contribution in [2.75, 3.05) is 13.6 Å². The Bertz CT molecular complexity index is 787. The Kier molecular flexibility index (Phi) is 2.54. The smallest absolute Gasteiger partial charge is 0.311 e. The van der Waals surface area contributed by atoms with E-state index in [0.717, 1.165) is 11.9 Å². The summed E-state index contributed by atoms with van der Waals surface area (Å²) in [4.78, 5) is 17.0. The Labute approximate surface area is 123 Å². The molecule has 2 aliphatic rings. The monoisotopic (exact) mass is 282 g/mol. The third kappa shape index (κ3) is 1.69. The van der Waals surface area contributed by atoms with Crippen molar-refractivity contribution in [3.8, 4) is 0 Å². The molecule has 2 aromatic rings. The molecule has 2 heterocycles. The zero-order valence-corrected chi connectivity index (χ0v) is 12.2. The van der Waals surface area contributed by atoms with E-state index in [1.807, 2.05) is 19.2 Å². The summed E-state index contributed by atoms with van der Waals surface area (Å²) in [6.45, 7) is 2.70. The molecule has 2 N–H and O–H groups in total. The number of hydrogen-bond acceptors (Lipinski definition) is 2. The number of rotatable bonds is 1. The van der Waals surface area contributed by atoms with E-state index >= 15 is 0 Å². The number of aromatic amines is 1. The molecule has 4 rings (SSSR count). The van der Waals surface area contributed by atoms with Crippen LogP contribution in [0.3, 0.4) is 0 Å². The summed E-state index contributed by atoms with van der Waals surface area (Å²) in [6.07, 6.45) is 2.92. The molecule has 1 aliphatic carbocycles. The average Bonchev–Trinajstić information content (AvgIpc) is 2.77. The van der Waals surface area contributed by atoms with Gasteiger partial charge in [-0.15, -0.1) is 0 Å². The number of benzene rings is 1. The molecular weight excluding hydrogens is 264 g/mol. The third-order valence-electron chi connectivity index (χ3n) is 4.92. The van der Waals surface area contributed by atoms with Gasteiger partial charge in [0.25, 0.3) is 0 Å². The highest BCUT2D eigenvalue weighted by Gasteiger charge is 2.36. The summed E-state index contributed by atoms with van der Waals surface area (Å²) in [6, 6.07) is 6.55. The number of hydrogen-bond donors (Lipinski definition) is 2. The van der Waals surface area contributed by atoms with Crippen LogP contribution in [0.5, 0.6) is 0 Å². The van der Waals surface area contributed by atoms with E-state index in [9.17, 15) is 9.90 Å². The number of likely N-dealkylation sites (N-methyl/N-ethyl adjacent to an activating group) is 1. The molecule has 108 valence electrons. The number of aromatic nitrogens is 1. The van der Waals surface area contributed by atoms with Gasteiger partial charge in [-0.25, -0.2) is 0 Å². The van der Waals surface area contributed by atoms with Crippen molar-refractivity contribution in [2.24, 2.45) is 5.92 Å². The average molecular weight is 282 g/mol. The van der Waals surface area contributed by atoms with Crippen LogP contribution in [0.2, 0.25) is 0 Å². The number of fused-ring (bicyclic) bond motifs is 2. The van der Waals surface area contributed by atoms with Gasteiger partial charge in [0.1, 0.15) is 0 Å². The number of carboxylic acid groups (broad SMARTS) is 1. The molecule has 1 aliphatic heterocycles. The summed E-state index contributed by atoms with van der Waals surface area (Å²) in [7, 11) is 2.03. The molecule has 0 amide bonds. The lowest BCUT2D eigenvalue weighted by molar-refractivity contribution is -0.140. The number of H-pyrrole nitrogens is 1. The van der Waals surface area contributed by atoms with Crippen LogP contribution in [0, 0.1) is 12.8 Å². The van der Waals surface area contributed by atoms with Gasteiger partial charge in [-0.1, -0.05) is 18.2 Å². The van der Waals surface area contributed by atoms with Crippen LogP contribution < -0.4 is 0 Å². The summed E-state index contributed by atoms with van der Waals surface area (Å²) >= 11 is 0. The zero-order chi connectivity index (χ0) is 14.7. The van der Waals surface area contributed by atoms with Gasteiger partial charge < -0.3 is 10.1 Å². The number of nitrogens with one attached hydrogen (secondary N) is 1. The third-order valence-corrected chi connectivity index (χ3v) is 4.92. The first-order valence-corrected chi connectivity index (χ1v) is 7.31. The second-order valence-corrected chi connectivity index (χ2v) is 6.18.